The van der Waals surface area contributed by atoms with Gasteiger partial charge in [0.2, 0.25) is 0 Å². The number of carbonyl (C=O) groups is 1. The Bertz CT molecular complexity index is 706. The number of halogens is 1. The molecule has 0 heterocycles. The summed E-state index contributed by atoms with van der Waals surface area (Å²) >= 11 is 3.47. The predicted octanol–water partition coefficient (Wildman–Crippen LogP) is 5.44. The van der Waals surface area contributed by atoms with Crippen molar-refractivity contribution in [1.29, 1.82) is 0 Å². The highest BCUT2D eigenvalue weighted by atomic mass is 79.9. The Balaban J connectivity index is 1.45. The van der Waals surface area contributed by atoms with Crippen LogP contribution in [-0.4, -0.2) is 12.1 Å². The van der Waals surface area contributed by atoms with E-state index >= 15 is 0 Å². The zero-order valence-corrected chi connectivity index (χ0v) is 16.0. The Labute approximate surface area is 157 Å². The molecule has 0 bridgehead atoms. The van der Waals surface area contributed by atoms with Gasteiger partial charge in [0.1, 0.15) is 12.4 Å². The highest BCUT2D eigenvalue weighted by Crippen LogP contribution is 2.30. The van der Waals surface area contributed by atoms with E-state index < -0.39 is 0 Å². The minimum absolute atomic E-state index is 0.00502. The van der Waals surface area contributed by atoms with Crippen molar-refractivity contribution < 1.29 is 14.3 Å². The molecule has 0 amide bonds. The molecule has 2 aromatic rings. The van der Waals surface area contributed by atoms with Gasteiger partial charge in [-0.25, -0.2) is 0 Å². The lowest BCUT2D eigenvalue weighted by Gasteiger charge is -2.28. The summed E-state index contributed by atoms with van der Waals surface area (Å²) in [6.07, 6.45) is 3.61. The third-order valence-electron chi connectivity index (χ3n) is 4.66. The van der Waals surface area contributed by atoms with E-state index in [1.54, 1.807) is 0 Å². The van der Waals surface area contributed by atoms with E-state index in [9.17, 15) is 4.79 Å². The first-order chi connectivity index (χ1) is 12.1. The second-order valence-corrected chi connectivity index (χ2v) is 7.51. The number of carbonyl (C=O) groups excluding carboxylic acids is 1. The molecule has 0 atom stereocenters. The summed E-state index contributed by atoms with van der Waals surface area (Å²) in [6, 6.07) is 15.9. The second kappa shape index (κ2) is 8.52. The summed E-state index contributed by atoms with van der Waals surface area (Å²) in [4.78, 5) is 12.3. The van der Waals surface area contributed by atoms with Gasteiger partial charge in [0.15, 0.2) is 0 Å². The SMILES string of the molecule is Cc1cc(Br)ccc1OC1CCC(C(=O)OCc2ccccc2)CC1. The van der Waals surface area contributed by atoms with Gasteiger partial charge in [0, 0.05) is 4.47 Å². The van der Waals surface area contributed by atoms with E-state index in [1.165, 1.54) is 0 Å². The molecule has 4 heteroatoms. The fourth-order valence-electron chi connectivity index (χ4n) is 3.19. The lowest BCUT2D eigenvalue weighted by Crippen LogP contribution is -2.29. The highest BCUT2D eigenvalue weighted by molar-refractivity contribution is 9.10. The fraction of sp³-hybridized carbons (Fsp3) is 0.381. The van der Waals surface area contributed by atoms with Crippen LogP contribution in [0, 0.1) is 12.8 Å². The average Bonchev–Trinajstić information content (AvgIpc) is 2.63. The van der Waals surface area contributed by atoms with Crippen molar-refractivity contribution >= 4 is 21.9 Å². The van der Waals surface area contributed by atoms with E-state index in [4.69, 9.17) is 9.47 Å². The molecule has 2 aromatic carbocycles. The van der Waals surface area contributed by atoms with Crippen molar-refractivity contribution in [2.24, 2.45) is 5.92 Å². The van der Waals surface area contributed by atoms with Gasteiger partial charge in [0.25, 0.3) is 0 Å². The molecule has 0 spiro atoms. The zero-order valence-electron chi connectivity index (χ0n) is 14.4. The van der Waals surface area contributed by atoms with Gasteiger partial charge in [-0.2, -0.15) is 0 Å². The highest BCUT2D eigenvalue weighted by Gasteiger charge is 2.28. The van der Waals surface area contributed by atoms with Crippen molar-refractivity contribution in [3.63, 3.8) is 0 Å². The largest absolute Gasteiger partial charge is 0.490 e. The number of hydrogen-bond acceptors (Lipinski definition) is 3. The van der Waals surface area contributed by atoms with Crippen LogP contribution in [0.2, 0.25) is 0 Å². The molecule has 1 aliphatic carbocycles. The maximum Gasteiger partial charge on any atom is 0.309 e. The molecule has 0 aromatic heterocycles. The van der Waals surface area contributed by atoms with Gasteiger partial charge >= 0.3 is 5.97 Å². The molecular formula is C21H23BrO3. The fourth-order valence-corrected chi connectivity index (χ4v) is 3.66. The number of rotatable bonds is 5. The smallest absolute Gasteiger partial charge is 0.309 e. The van der Waals surface area contributed by atoms with Crippen LogP contribution >= 0.6 is 15.9 Å². The molecule has 3 nitrogen and oxygen atoms in total. The van der Waals surface area contributed by atoms with Gasteiger partial charge in [-0.05, 0) is 61.9 Å². The van der Waals surface area contributed by atoms with Crippen molar-refractivity contribution in [2.75, 3.05) is 0 Å². The quantitative estimate of drug-likeness (QED) is 0.624. The van der Waals surface area contributed by atoms with Crippen LogP contribution in [0.15, 0.2) is 53.0 Å². The first-order valence-electron chi connectivity index (χ1n) is 8.75. The van der Waals surface area contributed by atoms with E-state index in [0.717, 1.165) is 47.0 Å². The Morgan fingerprint density at radius 2 is 1.80 bits per heavy atom. The Kier molecular flexibility index (Phi) is 6.14. The van der Waals surface area contributed by atoms with Gasteiger partial charge in [-0.15, -0.1) is 0 Å². The lowest BCUT2D eigenvalue weighted by atomic mass is 9.87. The van der Waals surface area contributed by atoms with E-state index in [1.807, 2.05) is 49.4 Å². The topological polar surface area (TPSA) is 35.5 Å². The van der Waals surface area contributed by atoms with E-state index in [-0.39, 0.29) is 18.0 Å². The normalized spacial score (nSPS) is 20.1. The summed E-state index contributed by atoms with van der Waals surface area (Å²) < 4.78 is 12.7. The maximum atomic E-state index is 12.3. The van der Waals surface area contributed by atoms with E-state index in [2.05, 4.69) is 22.0 Å². The monoisotopic (exact) mass is 402 g/mol. The van der Waals surface area contributed by atoms with Crippen molar-refractivity contribution in [2.45, 2.75) is 45.3 Å². The molecule has 0 N–H and O–H groups in total. The van der Waals surface area contributed by atoms with Crippen LogP contribution in [0.1, 0.15) is 36.8 Å². The van der Waals surface area contributed by atoms with Crippen LogP contribution < -0.4 is 4.74 Å². The average molecular weight is 403 g/mol. The van der Waals surface area contributed by atoms with E-state index in [0.29, 0.717) is 6.61 Å². The van der Waals surface area contributed by atoms with Crippen LogP contribution in [0.3, 0.4) is 0 Å². The standard InChI is InChI=1S/C21H23BrO3/c1-15-13-18(22)9-12-20(15)25-19-10-7-17(8-11-19)21(23)24-14-16-5-3-2-4-6-16/h2-6,9,12-13,17,19H,7-8,10-11,14H2,1H3. The minimum atomic E-state index is -0.0814. The molecule has 3 rings (SSSR count). The molecule has 1 fully saturated rings. The van der Waals surface area contributed by atoms with Crippen LogP contribution in [0.5, 0.6) is 5.75 Å². The van der Waals surface area contributed by atoms with Crippen LogP contribution in [0.25, 0.3) is 0 Å². The predicted molar refractivity (Wildman–Crippen MR) is 101 cm³/mol. The van der Waals surface area contributed by atoms with Crippen LogP contribution in [0.4, 0.5) is 0 Å². The number of esters is 1. The Morgan fingerprint density at radius 3 is 2.48 bits per heavy atom. The van der Waals surface area contributed by atoms with Crippen molar-refractivity contribution in [3.8, 4) is 5.75 Å². The summed E-state index contributed by atoms with van der Waals surface area (Å²) in [6.45, 7) is 2.40. The molecule has 1 aliphatic rings. The number of hydrogen-bond donors (Lipinski definition) is 0. The molecule has 132 valence electrons. The van der Waals surface area contributed by atoms with Gasteiger partial charge in [-0.1, -0.05) is 46.3 Å². The molecule has 0 aliphatic heterocycles. The van der Waals surface area contributed by atoms with Gasteiger partial charge in [0.05, 0.1) is 12.0 Å². The third kappa shape index (κ3) is 5.08. The van der Waals surface area contributed by atoms with Gasteiger partial charge in [-0.3, -0.25) is 4.79 Å². The Hall–Kier alpha value is -1.81. The molecule has 0 radical (unpaired) electrons. The second-order valence-electron chi connectivity index (χ2n) is 6.59. The first-order valence-corrected chi connectivity index (χ1v) is 9.54. The summed E-state index contributed by atoms with van der Waals surface area (Å²) in [5, 5.41) is 0. The van der Waals surface area contributed by atoms with Gasteiger partial charge < -0.3 is 9.47 Å². The first kappa shape index (κ1) is 18.0. The molecule has 25 heavy (non-hydrogen) atoms. The summed E-state index contributed by atoms with van der Waals surface area (Å²) in [7, 11) is 0. The molecule has 0 unspecified atom stereocenters. The molecular weight excluding hydrogens is 380 g/mol. The van der Waals surface area contributed by atoms with Crippen LogP contribution in [-0.2, 0) is 16.1 Å². The zero-order chi connectivity index (χ0) is 17.6. The molecule has 1 saturated carbocycles. The third-order valence-corrected chi connectivity index (χ3v) is 5.16. The summed E-state index contributed by atoms with van der Waals surface area (Å²) in [5.74, 6) is 0.843. The number of ether oxygens (including phenoxy) is 2. The Morgan fingerprint density at radius 1 is 1.08 bits per heavy atom. The van der Waals surface area contributed by atoms with Crippen molar-refractivity contribution in [3.05, 3.63) is 64.1 Å². The van der Waals surface area contributed by atoms with Crippen molar-refractivity contribution in [1.82, 2.24) is 0 Å². The summed E-state index contributed by atoms with van der Waals surface area (Å²) in [5.41, 5.74) is 2.15. The molecule has 0 saturated heterocycles. The lowest BCUT2D eigenvalue weighted by molar-refractivity contribution is -0.151. The maximum absolute atomic E-state index is 12.3. The number of aryl methyl sites for hydroxylation is 1. The number of benzene rings is 2. The minimum Gasteiger partial charge on any atom is -0.490 e.